The molecule has 3 aromatic rings. The molecule has 0 saturated carbocycles. The zero-order valence-corrected chi connectivity index (χ0v) is 15.8. The van der Waals surface area contributed by atoms with Gasteiger partial charge in [0.15, 0.2) is 5.76 Å². The zero-order valence-electron chi connectivity index (χ0n) is 15.8. The van der Waals surface area contributed by atoms with Gasteiger partial charge in [-0.3, -0.25) is 4.79 Å². The van der Waals surface area contributed by atoms with Crippen molar-refractivity contribution in [2.75, 3.05) is 38.3 Å². The van der Waals surface area contributed by atoms with Crippen molar-refractivity contribution in [3.8, 4) is 0 Å². The number of anilines is 1. The van der Waals surface area contributed by atoms with E-state index in [0.717, 1.165) is 48.6 Å². The van der Waals surface area contributed by atoms with Crippen LogP contribution in [0, 0.1) is 0 Å². The molecule has 1 fully saturated rings. The number of carbonyl (C=O) groups excluding carboxylic acids is 1. The fourth-order valence-corrected chi connectivity index (χ4v) is 3.33. The van der Waals surface area contributed by atoms with E-state index in [1.807, 2.05) is 36.4 Å². The summed E-state index contributed by atoms with van der Waals surface area (Å²) in [5.74, 6) is 0.958. The van der Waals surface area contributed by atoms with Gasteiger partial charge in [-0.25, -0.2) is 4.98 Å². The van der Waals surface area contributed by atoms with Crippen molar-refractivity contribution in [2.24, 2.45) is 0 Å². The van der Waals surface area contributed by atoms with Gasteiger partial charge in [-0.1, -0.05) is 24.3 Å². The van der Waals surface area contributed by atoms with Gasteiger partial charge in [0.05, 0.1) is 19.8 Å². The summed E-state index contributed by atoms with van der Waals surface area (Å²) in [6.07, 6.45) is 1.79. The van der Waals surface area contributed by atoms with Gasteiger partial charge >= 0.3 is 0 Å². The Morgan fingerprint density at radius 2 is 2.04 bits per heavy atom. The van der Waals surface area contributed by atoms with Crippen molar-refractivity contribution < 1.29 is 18.7 Å². The summed E-state index contributed by atoms with van der Waals surface area (Å²) in [4.78, 5) is 19.4. The van der Waals surface area contributed by atoms with Crippen molar-refractivity contribution >= 4 is 22.7 Å². The number of aromatic nitrogens is 1. The van der Waals surface area contributed by atoms with Crippen LogP contribution < -0.4 is 10.2 Å². The fraction of sp³-hybridized carbons (Fsp3) is 0.333. The number of rotatable bonds is 6. The maximum Gasteiger partial charge on any atom is 0.287 e. The summed E-state index contributed by atoms with van der Waals surface area (Å²) >= 11 is 0. The first-order valence-corrected chi connectivity index (χ1v) is 9.31. The molecule has 1 N–H and O–H groups in total. The average Bonchev–Trinajstić information content (AvgIpc) is 3.12. The molecule has 0 aliphatic carbocycles. The molecule has 3 heterocycles. The number of benzene rings is 1. The number of carbonyl (C=O) groups is 1. The van der Waals surface area contributed by atoms with E-state index in [1.165, 1.54) is 0 Å². The lowest BCUT2D eigenvalue weighted by Gasteiger charge is -2.27. The van der Waals surface area contributed by atoms with Crippen molar-refractivity contribution in [1.82, 2.24) is 10.3 Å². The summed E-state index contributed by atoms with van der Waals surface area (Å²) in [6, 6.07) is 11.5. The SMILES string of the molecule is COCc1c(C(=O)NCc2ccc(N3CCOCC3)nc2)oc2ccccc12. The van der Waals surface area contributed by atoms with Gasteiger partial charge < -0.3 is 24.1 Å². The maximum atomic E-state index is 12.7. The number of pyridine rings is 1. The molecule has 7 nitrogen and oxygen atoms in total. The van der Waals surface area contributed by atoms with Gasteiger partial charge in [0.2, 0.25) is 0 Å². The molecule has 1 aromatic carbocycles. The quantitative estimate of drug-likeness (QED) is 0.708. The highest BCUT2D eigenvalue weighted by molar-refractivity contribution is 5.99. The first kappa shape index (κ1) is 18.5. The first-order chi connectivity index (χ1) is 13.8. The van der Waals surface area contributed by atoms with E-state index >= 15 is 0 Å². The van der Waals surface area contributed by atoms with Gasteiger partial charge in [-0.05, 0) is 17.7 Å². The molecule has 4 rings (SSSR count). The van der Waals surface area contributed by atoms with Crippen molar-refractivity contribution in [3.05, 3.63) is 59.5 Å². The Morgan fingerprint density at radius 1 is 1.21 bits per heavy atom. The molecule has 28 heavy (non-hydrogen) atoms. The number of morpholine rings is 1. The van der Waals surface area contributed by atoms with E-state index in [0.29, 0.717) is 24.5 Å². The molecule has 0 bridgehead atoms. The summed E-state index contributed by atoms with van der Waals surface area (Å²) in [7, 11) is 1.60. The molecule has 0 spiro atoms. The minimum atomic E-state index is -0.263. The molecule has 146 valence electrons. The largest absolute Gasteiger partial charge is 0.451 e. The van der Waals surface area contributed by atoms with Crippen LogP contribution in [0.2, 0.25) is 0 Å². The summed E-state index contributed by atoms with van der Waals surface area (Å²) in [5.41, 5.74) is 2.36. The predicted molar refractivity (Wildman–Crippen MR) is 105 cm³/mol. The molecule has 1 amide bonds. The topological polar surface area (TPSA) is 76.8 Å². The lowest BCUT2D eigenvalue weighted by Crippen LogP contribution is -2.36. The third-order valence-electron chi connectivity index (χ3n) is 4.79. The van der Waals surface area contributed by atoms with Crippen LogP contribution in [0.25, 0.3) is 11.0 Å². The van der Waals surface area contributed by atoms with Crippen LogP contribution in [0.5, 0.6) is 0 Å². The van der Waals surface area contributed by atoms with Crippen LogP contribution in [0.4, 0.5) is 5.82 Å². The van der Waals surface area contributed by atoms with E-state index < -0.39 is 0 Å². The molecule has 2 aromatic heterocycles. The van der Waals surface area contributed by atoms with Gasteiger partial charge in [0, 0.05) is 43.9 Å². The van der Waals surface area contributed by atoms with E-state index in [4.69, 9.17) is 13.9 Å². The van der Waals surface area contributed by atoms with Crippen LogP contribution in [0.1, 0.15) is 21.7 Å². The number of para-hydroxylation sites is 1. The second-order valence-corrected chi connectivity index (χ2v) is 6.65. The maximum absolute atomic E-state index is 12.7. The highest BCUT2D eigenvalue weighted by atomic mass is 16.5. The average molecular weight is 381 g/mol. The van der Waals surface area contributed by atoms with E-state index in [1.54, 1.807) is 13.3 Å². The van der Waals surface area contributed by atoms with E-state index in [-0.39, 0.29) is 5.91 Å². The Bertz CT molecular complexity index is 946. The third kappa shape index (κ3) is 3.85. The van der Waals surface area contributed by atoms with Crippen LogP contribution >= 0.6 is 0 Å². The van der Waals surface area contributed by atoms with Gasteiger partial charge in [-0.15, -0.1) is 0 Å². The van der Waals surface area contributed by atoms with Gasteiger partial charge in [0.25, 0.3) is 5.91 Å². The number of hydrogen-bond donors (Lipinski definition) is 1. The third-order valence-corrected chi connectivity index (χ3v) is 4.79. The van der Waals surface area contributed by atoms with Crippen LogP contribution in [0.15, 0.2) is 47.0 Å². The minimum absolute atomic E-state index is 0.263. The molecule has 1 aliphatic rings. The molecule has 0 radical (unpaired) electrons. The van der Waals surface area contributed by atoms with Gasteiger partial charge in [0.1, 0.15) is 11.4 Å². The smallest absolute Gasteiger partial charge is 0.287 e. The van der Waals surface area contributed by atoms with E-state index in [2.05, 4.69) is 15.2 Å². The first-order valence-electron chi connectivity index (χ1n) is 9.31. The molecule has 7 heteroatoms. The minimum Gasteiger partial charge on any atom is -0.451 e. The summed E-state index contributed by atoms with van der Waals surface area (Å²) in [6.45, 7) is 3.82. The summed E-state index contributed by atoms with van der Waals surface area (Å²) < 4.78 is 16.4. The lowest BCUT2D eigenvalue weighted by atomic mass is 10.1. The standard InChI is InChI=1S/C21H23N3O4/c1-26-14-17-16-4-2-3-5-18(16)28-20(17)21(25)23-13-15-6-7-19(22-12-15)24-8-10-27-11-9-24/h2-7,12H,8-11,13-14H2,1H3,(H,23,25). The number of amides is 1. The second-order valence-electron chi connectivity index (χ2n) is 6.65. The number of furan rings is 1. The zero-order chi connectivity index (χ0) is 19.3. The van der Waals surface area contributed by atoms with Crippen LogP contribution in [0.3, 0.4) is 0 Å². The van der Waals surface area contributed by atoms with Crippen molar-refractivity contribution in [1.29, 1.82) is 0 Å². The van der Waals surface area contributed by atoms with Crippen LogP contribution in [-0.2, 0) is 22.6 Å². The number of methoxy groups -OCH3 is 1. The lowest BCUT2D eigenvalue weighted by molar-refractivity contribution is 0.0918. The number of hydrogen-bond acceptors (Lipinski definition) is 6. The predicted octanol–water partition coefficient (Wildman–Crippen LogP) is 2.74. The Labute approximate surface area is 163 Å². The number of fused-ring (bicyclic) bond motifs is 1. The van der Waals surface area contributed by atoms with Gasteiger partial charge in [-0.2, -0.15) is 0 Å². The molecule has 0 unspecified atom stereocenters. The normalized spacial score (nSPS) is 14.4. The molecule has 0 atom stereocenters. The van der Waals surface area contributed by atoms with E-state index in [9.17, 15) is 4.79 Å². The fourth-order valence-electron chi connectivity index (χ4n) is 3.33. The Morgan fingerprint density at radius 3 is 2.79 bits per heavy atom. The van der Waals surface area contributed by atoms with Crippen molar-refractivity contribution in [3.63, 3.8) is 0 Å². The molecule has 1 saturated heterocycles. The summed E-state index contributed by atoms with van der Waals surface area (Å²) in [5, 5.41) is 3.81. The van der Waals surface area contributed by atoms with Crippen LogP contribution in [-0.4, -0.2) is 44.3 Å². The highest BCUT2D eigenvalue weighted by Crippen LogP contribution is 2.26. The Kier molecular flexibility index (Phi) is 5.55. The molecule has 1 aliphatic heterocycles. The Balaban J connectivity index is 1.44. The number of ether oxygens (including phenoxy) is 2. The molecular weight excluding hydrogens is 358 g/mol. The van der Waals surface area contributed by atoms with Crippen molar-refractivity contribution in [2.45, 2.75) is 13.2 Å². The monoisotopic (exact) mass is 381 g/mol. The second kappa shape index (κ2) is 8.41. The highest BCUT2D eigenvalue weighted by Gasteiger charge is 2.20. The molecular formula is C21H23N3O4. The Hall–Kier alpha value is -2.90. The number of nitrogens with one attached hydrogen (secondary N) is 1. The number of nitrogens with zero attached hydrogens (tertiary/aromatic N) is 2.